The van der Waals surface area contributed by atoms with Crippen LogP contribution >= 0.6 is 11.6 Å². The van der Waals surface area contributed by atoms with Crippen LogP contribution in [0.25, 0.3) is 0 Å². The molecule has 5 nitrogen and oxygen atoms in total. The van der Waals surface area contributed by atoms with Crippen molar-refractivity contribution in [1.29, 1.82) is 0 Å². The molecule has 2 aromatic rings. The number of hydrogen-bond acceptors (Lipinski definition) is 3. The molecule has 2 amide bonds. The predicted molar refractivity (Wildman–Crippen MR) is 110 cm³/mol. The number of carbonyl (C=O) groups excluding carboxylic acids is 2. The molecule has 2 aromatic carbocycles. The number of benzene rings is 2. The first-order valence-corrected chi connectivity index (χ1v) is 9.56. The second kappa shape index (κ2) is 8.44. The van der Waals surface area contributed by atoms with Gasteiger partial charge in [-0.15, -0.1) is 0 Å². The van der Waals surface area contributed by atoms with Crippen LogP contribution in [0.1, 0.15) is 29.3 Å². The minimum absolute atomic E-state index is 0.162. The van der Waals surface area contributed by atoms with Crippen molar-refractivity contribution in [3.8, 4) is 0 Å². The van der Waals surface area contributed by atoms with Crippen molar-refractivity contribution in [3.63, 3.8) is 0 Å². The smallest absolute Gasteiger partial charge is 0.255 e. The third kappa shape index (κ3) is 4.61. The molecular weight excluding hydrogens is 362 g/mol. The quantitative estimate of drug-likeness (QED) is 0.866. The number of carbonyl (C=O) groups is 2. The number of aryl methyl sites for hydroxylation is 1. The van der Waals surface area contributed by atoms with E-state index in [9.17, 15) is 9.59 Å². The Bertz CT molecular complexity index is 828. The van der Waals surface area contributed by atoms with E-state index in [0.717, 1.165) is 24.3 Å². The molecule has 1 fully saturated rings. The molecule has 0 aromatic heterocycles. The first-order valence-electron chi connectivity index (χ1n) is 9.18. The van der Waals surface area contributed by atoms with Gasteiger partial charge >= 0.3 is 0 Å². The molecular formula is C21H24ClN3O2. The molecule has 1 aliphatic rings. The summed E-state index contributed by atoms with van der Waals surface area (Å²) in [6, 6.07) is 13.0. The number of halogens is 1. The third-order valence-electron chi connectivity index (χ3n) is 4.79. The van der Waals surface area contributed by atoms with Gasteiger partial charge in [0.2, 0.25) is 5.91 Å². The van der Waals surface area contributed by atoms with Gasteiger partial charge in [-0.2, -0.15) is 0 Å². The number of hydrogen-bond donors (Lipinski definition) is 1. The van der Waals surface area contributed by atoms with E-state index in [-0.39, 0.29) is 11.8 Å². The molecule has 1 aliphatic heterocycles. The molecule has 0 atom stereocenters. The van der Waals surface area contributed by atoms with Gasteiger partial charge in [0.1, 0.15) is 0 Å². The van der Waals surface area contributed by atoms with E-state index in [2.05, 4.69) is 10.2 Å². The summed E-state index contributed by atoms with van der Waals surface area (Å²) < 4.78 is 0. The number of amides is 2. The highest BCUT2D eigenvalue weighted by Crippen LogP contribution is 2.30. The first kappa shape index (κ1) is 19.2. The highest BCUT2D eigenvalue weighted by Gasteiger charge is 2.21. The molecule has 0 unspecified atom stereocenters. The van der Waals surface area contributed by atoms with Crippen molar-refractivity contribution in [2.75, 3.05) is 36.4 Å². The molecule has 1 saturated heterocycles. The van der Waals surface area contributed by atoms with Gasteiger partial charge in [0.05, 0.1) is 10.7 Å². The summed E-state index contributed by atoms with van der Waals surface area (Å²) in [4.78, 5) is 28.2. The minimum atomic E-state index is -0.162. The zero-order chi connectivity index (χ0) is 19.4. The Morgan fingerprint density at radius 3 is 2.30 bits per heavy atom. The summed E-state index contributed by atoms with van der Waals surface area (Å²) in [5, 5.41) is 3.47. The van der Waals surface area contributed by atoms with Crippen molar-refractivity contribution >= 4 is 34.8 Å². The number of nitrogens with zero attached hydrogens (tertiary/aromatic N) is 2. The minimum Gasteiger partial charge on any atom is -0.367 e. The second-order valence-corrected chi connectivity index (χ2v) is 7.11. The zero-order valence-corrected chi connectivity index (χ0v) is 16.4. The van der Waals surface area contributed by atoms with Crippen LogP contribution in [0, 0.1) is 6.92 Å². The van der Waals surface area contributed by atoms with Gasteiger partial charge in [0.15, 0.2) is 0 Å². The first-order chi connectivity index (χ1) is 13.0. The molecule has 142 valence electrons. The SMILES string of the molecule is CCC(=O)N1CCN(c2ccc(NC(=O)c3ccc(C)cc3)cc2Cl)CC1. The molecule has 1 heterocycles. The van der Waals surface area contributed by atoms with Crippen molar-refractivity contribution in [2.24, 2.45) is 0 Å². The maximum Gasteiger partial charge on any atom is 0.255 e. The van der Waals surface area contributed by atoms with Gasteiger partial charge in [-0.05, 0) is 37.3 Å². The van der Waals surface area contributed by atoms with E-state index in [0.29, 0.717) is 35.8 Å². The molecule has 27 heavy (non-hydrogen) atoms. The standard InChI is InChI=1S/C21H24ClN3O2/c1-3-20(26)25-12-10-24(11-13-25)19-9-8-17(14-18(19)22)23-21(27)16-6-4-15(2)5-7-16/h4-9,14H,3,10-13H2,1-2H3,(H,23,27). The monoisotopic (exact) mass is 385 g/mol. The topological polar surface area (TPSA) is 52.7 Å². The lowest BCUT2D eigenvalue weighted by atomic mass is 10.1. The lowest BCUT2D eigenvalue weighted by Crippen LogP contribution is -2.48. The number of rotatable bonds is 4. The average Bonchev–Trinajstić information content (AvgIpc) is 2.68. The van der Waals surface area contributed by atoms with Crippen LogP contribution in [0.4, 0.5) is 11.4 Å². The van der Waals surface area contributed by atoms with Crippen molar-refractivity contribution in [3.05, 3.63) is 58.6 Å². The summed E-state index contributed by atoms with van der Waals surface area (Å²) >= 11 is 6.47. The van der Waals surface area contributed by atoms with Crippen LogP contribution in [0.15, 0.2) is 42.5 Å². The van der Waals surface area contributed by atoms with E-state index < -0.39 is 0 Å². The number of anilines is 2. The van der Waals surface area contributed by atoms with Crippen molar-refractivity contribution < 1.29 is 9.59 Å². The van der Waals surface area contributed by atoms with Crippen LogP contribution in [0.3, 0.4) is 0 Å². The summed E-state index contributed by atoms with van der Waals surface area (Å²) in [6.07, 6.45) is 0.538. The molecule has 0 saturated carbocycles. The van der Waals surface area contributed by atoms with Gasteiger partial charge in [0.25, 0.3) is 5.91 Å². The highest BCUT2D eigenvalue weighted by molar-refractivity contribution is 6.33. The Morgan fingerprint density at radius 2 is 1.70 bits per heavy atom. The maximum absolute atomic E-state index is 12.3. The van der Waals surface area contributed by atoms with Crippen molar-refractivity contribution in [1.82, 2.24) is 4.90 Å². The summed E-state index contributed by atoms with van der Waals surface area (Å²) in [7, 11) is 0. The Hall–Kier alpha value is -2.53. The normalized spacial score (nSPS) is 14.2. The van der Waals surface area contributed by atoms with Gasteiger partial charge in [-0.3, -0.25) is 9.59 Å². The van der Waals surface area contributed by atoms with E-state index >= 15 is 0 Å². The zero-order valence-electron chi connectivity index (χ0n) is 15.7. The van der Waals surface area contributed by atoms with Gasteiger partial charge < -0.3 is 15.1 Å². The summed E-state index contributed by atoms with van der Waals surface area (Å²) in [5.41, 5.74) is 3.31. The van der Waals surface area contributed by atoms with Crippen LogP contribution in [0.5, 0.6) is 0 Å². The van der Waals surface area contributed by atoms with Gasteiger partial charge in [-0.25, -0.2) is 0 Å². The van der Waals surface area contributed by atoms with E-state index in [1.807, 2.05) is 43.0 Å². The van der Waals surface area contributed by atoms with Crippen LogP contribution < -0.4 is 10.2 Å². The molecule has 0 spiro atoms. The molecule has 0 aliphatic carbocycles. The molecule has 1 N–H and O–H groups in total. The maximum atomic E-state index is 12.3. The molecule has 0 radical (unpaired) electrons. The second-order valence-electron chi connectivity index (χ2n) is 6.71. The van der Waals surface area contributed by atoms with E-state index in [4.69, 9.17) is 11.6 Å². The molecule has 6 heteroatoms. The fourth-order valence-electron chi connectivity index (χ4n) is 3.17. The van der Waals surface area contributed by atoms with Gasteiger partial charge in [-0.1, -0.05) is 36.2 Å². The molecule has 3 rings (SSSR count). The van der Waals surface area contributed by atoms with E-state index in [1.54, 1.807) is 18.2 Å². The Balaban J connectivity index is 1.65. The lowest BCUT2D eigenvalue weighted by molar-refractivity contribution is -0.131. The Kier molecular flexibility index (Phi) is 6.01. The van der Waals surface area contributed by atoms with Crippen LogP contribution in [-0.2, 0) is 4.79 Å². The average molecular weight is 386 g/mol. The van der Waals surface area contributed by atoms with E-state index in [1.165, 1.54) is 0 Å². The highest BCUT2D eigenvalue weighted by atomic mass is 35.5. The fraction of sp³-hybridized carbons (Fsp3) is 0.333. The van der Waals surface area contributed by atoms with Crippen molar-refractivity contribution in [2.45, 2.75) is 20.3 Å². The predicted octanol–water partition coefficient (Wildman–Crippen LogP) is 3.96. The number of piperazine rings is 1. The Labute approximate surface area is 164 Å². The summed E-state index contributed by atoms with van der Waals surface area (Å²) in [5.74, 6) is 0.0282. The number of nitrogens with one attached hydrogen (secondary N) is 1. The van der Waals surface area contributed by atoms with Gasteiger partial charge in [0, 0.05) is 43.9 Å². The lowest BCUT2D eigenvalue weighted by Gasteiger charge is -2.36. The molecule has 0 bridgehead atoms. The van der Waals surface area contributed by atoms with Crippen LogP contribution in [0.2, 0.25) is 5.02 Å². The Morgan fingerprint density at radius 1 is 1.04 bits per heavy atom. The summed E-state index contributed by atoms with van der Waals surface area (Å²) in [6.45, 7) is 6.78. The largest absolute Gasteiger partial charge is 0.367 e. The fourth-order valence-corrected chi connectivity index (χ4v) is 3.47. The third-order valence-corrected chi connectivity index (χ3v) is 5.10. The van der Waals surface area contributed by atoms with Crippen LogP contribution in [-0.4, -0.2) is 42.9 Å².